The zero-order valence-electron chi connectivity index (χ0n) is 22.8. The van der Waals surface area contributed by atoms with Crippen molar-refractivity contribution in [1.29, 1.82) is 0 Å². The van der Waals surface area contributed by atoms with Crippen LogP contribution in [0.2, 0.25) is 0 Å². The molecule has 2 amide bonds. The molecule has 1 unspecified atom stereocenters. The predicted molar refractivity (Wildman–Crippen MR) is 154 cm³/mol. The number of hydrogen-bond donors (Lipinski definition) is 1. The second kappa shape index (κ2) is 12.0. The summed E-state index contributed by atoms with van der Waals surface area (Å²) in [7, 11) is -3.71. The van der Waals surface area contributed by atoms with E-state index >= 15 is 0 Å². The van der Waals surface area contributed by atoms with Gasteiger partial charge in [0.05, 0.1) is 10.6 Å². The number of halogens is 1. The standard InChI is InChI=1S/C31H36FN3O4S/c1-2-26(31(37)33-25-11-4-3-5-12-25)34(21-22-16-18-24(32)19-17-22)29(36)15-8-20-35-27-13-6-9-23-10-7-14-28(30(23)27)40(35,38)39/h6-7,9-10,13-14,16-19,25-26H,2-5,8,11-12,15,20-21H2,1H3,(H,33,37). The Balaban J connectivity index is 1.31. The van der Waals surface area contributed by atoms with Crippen molar-refractivity contribution in [2.75, 3.05) is 10.8 Å². The van der Waals surface area contributed by atoms with Gasteiger partial charge in [0, 0.05) is 30.9 Å². The molecule has 1 N–H and O–H groups in total. The third kappa shape index (κ3) is 5.70. The normalized spacial score (nSPS) is 17.1. The first-order chi connectivity index (χ1) is 19.3. The molecule has 1 atom stereocenters. The number of rotatable bonds is 10. The highest BCUT2D eigenvalue weighted by atomic mass is 32.2. The number of anilines is 1. The van der Waals surface area contributed by atoms with Crippen molar-refractivity contribution in [3.05, 3.63) is 72.0 Å². The van der Waals surface area contributed by atoms with Crippen molar-refractivity contribution in [3.8, 4) is 0 Å². The maximum Gasteiger partial charge on any atom is 0.265 e. The Morgan fingerprint density at radius 2 is 1.73 bits per heavy atom. The van der Waals surface area contributed by atoms with E-state index < -0.39 is 16.1 Å². The van der Waals surface area contributed by atoms with Crippen LogP contribution >= 0.6 is 0 Å². The van der Waals surface area contributed by atoms with Crippen LogP contribution in [0, 0.1) is 5.82 Å². The van der Waals surface area contributed by atoms with Gasteiger partial charge >= 0.3 is 0 Å². The molecule has 0 radical (unpaired) electrons. The predicted octanol–water partition coefficient (Wildman–Crippen LogP) is 5.52. The third-order valence-corrected chi connectivity index (χ3v) is 9.89. The lowest BCUT2D eigenvalue weighted by Crippen LogP contribution is -2.51. The Bertz CT molecular complexity index is 1480. The Kier molecular flexibility index (Phi) is 8.40. The maximum absolute atomic E-state index is 13.7. The van der Waals surface area contributed by atoms with E-state index in [9.17, 15) is 22.4 Å². The summed E-state index contributed by atoms with van der Waals surface area (Å²) in [5, 5.41) is 4.72. The molecule has 2 aliphatic rings. The lowest BCUT2D eigenvalue weighted by atomic mass is 9.95. The number of nitrogens with one attached hydrogen (secondary N) is 1. The van der Waals surface area contributed by atoms with E-state index in [1.54, 1.807) is 35.2 Å². The molecular formula is C31H36FN3O4S. The van der Waals surface area contributed by atoms with Gasteiger partial charge in [-0.05, 0) is 60.9 Å². The van der Waals surface area contributed by atoms with Crippen LogP contribution in [0.15, 0.2) is 65.6 Å². The lowest BCUT2D eigenvalue weighted by Gasteiger charge is -2.33. The SMILES string of the molecule is CCC(C(=O)NC1CCCCC1)N(Cc1ccc(F)cc1)C(=O)CCCN1c2cccc3cccc(c23)S1(=O)=O. The summed E-state index contributed by atoms with van der Waals surface area (Å²) >= 11 is 0. The molecule has 0 spiro atoms. The van der Waals surface area contributed by atoms with Crippen molar-refractivity contribution < 1.29 is 22.4 Å². The summed E-state index contributed by atoms with van der Waals surface area (Å²) in [5.74, 6) is -0.775. The average Bonchev–Trinajstić information content (AvgIpc) is 3.17. The van der Waals surface area contributed by atoms with Crippen LogP contribution in [-0.4, -0.2) is 43.8 Å². The molecule has 3 aromatic rings. The lowest BCUT2D eigenvalue weighted by molar-refractivity contribution is -0.141. The zero-order chi connectivity index (χ0) is 28.3. The zero-order valence-corrected chi connectivity index (χ0v) is 23.6. The van der Waals surface area contributed by atoms with Gasteiger partial charge in [0.15, 0.2) is 0 Å². The van der Waals surface area contributed by atoms with Crippen LogP contribution in [0.1, 0.15) is 63.9 Å². The number of sulfonamides is 1. The molecule has 1 saturated carbocycles. The highest BCUT2D eigenvalue weighted by Gasteiger charge is 2.36. The smallest absolute Gasteiger partial charge is 0.265 e. The van der Waals surface area contributed by atoms with Gasteiger partial charge in [0.25, 0.3) is 10.0 Å². The molecule has 7 nitrogen and oxygen atoms in total. The minimum absolute atomic E-state index is 0.0761. The van der Waals surface area contributed by atoms with Crippen LogP contribution < -0.4 is 9.62 Å². The van der Waals surface area contributed by atoms with Gasteiger partial charge in [0.2, 0.25) is 11.8 Å². The quantitative estimate of drug-likeness (QED) is 0.351. The molecule has 1 fully saturated rings. The first-order valence-corrected chi connectivity index (χ1v) is 15.6. The van der Waals surface area contributed by atoms with E-state index in [2.05, 4.69) is 5.32 Å². The molecule has 1 heterocycles. The molecule has 0 bridgehead atoms. The topological polar surface area (TPSA) is 86.8 Å². The Morgan fingerprint density at radius 1 is 1.02 bits per heavy atom. The van der Waals surface area contributed by atoms with E-state index in [-0.39, 0.29) is 48.1 Å². The largest absolute Gasteiger partial charge is 0.352 e. The van der Waals surface area contributed by atoms with Gasteiger partial charge in [-0.3, -0.25) is 13.9 Å². The van der Waals surface area contributed by atoms with E-state index in [1.807, 2.05) is 25.1 Å². The van der Waals surface area contributed by atoms with Crippen molar-refractivity contribution >= 4 is 38.3 Å². The van der Waals surface area contributed by atoms with E-state index in [0.717, 1.165) is 36.6 Å². The Morgan fingerprint density at radius 3 is 2.42 bits per heavy atom. The summed E-state index contributed by atoms with van der Waals surface area (Å²) in [6.45, 7) is 2.20. The fourth-order valence-electron chi connectivity index (χ4n) is 5.97. The molecular weight excluding hydrogens is 529 g/mol. The average molecular weight is 566 g/mol. The van der Waals surface area contributed by atoms with Gasteiger partial charge < -0.3 is 10.2 Å². The molecule has 0 aromatic heterocycles. The molecule has 9 heteroatoms. The van der Waals surface area contributed by atoms with Gasteiger partial charge in [-0.25, -0.2) is 12.8 Å². The minimum Gasteiger partial charge on any atom is -0.352 e. The highest BCUT2D eigenvalue weighted by molar-refractivity contribution is 7.93. The van der Waals surface area contributed by atoms with Gasteiger partial charge in [0.1, 0.15) is 11.9 Å². The fourth-order valence-corrected chi connectivity index (χ4v) is 7.72. The Labute approximate surface area is 235 Å². The molecule has 3 aromatic carbocycles. The fraction of sp³-hybridized carbons (Fsp3) is 0.419. The molecule has 1 aliphatic carbocycles. The van der Waals surface area contributed by atoms with Crippen LogP contribution in [-0.2, 0) is 26.2 Å². The third-order valence-electron chi connectivity index (χ3n) is 8.04. The van der Waals surface area contributed by atoms with Gasteiger partial charge in [-0.1, -0.05) is 62.6 Å². The van der Waals surface area contributed by atoms with Gasteiger partial charge in [-0.2, -0.15) is 0 Å². The van der Waals surface area contributed by atoms with Gasteiger partial charge in [-0.15, -0.1) is 0 Å². The second-order valence-corrected chi connectivity index (χ2v) is 12.6. The summed E-state index contributed by atoms with van der Waals surface area (Å²) in [5.41, 5.74) is 1.35. The summed E-state index contributed by atoms with van der Waals surface area (Å²) < 4.78 is 41.6. The number of nitrogens with zero attached hydrogens (tertiary/aromatic N) is 2. The molecule has 5 rings (SSSR count). The van der Waals surface area contributed by atoms with Crippen molar-refractivity contribution in [3.63, 3.8) is 0 Å². The second-order valence-electron chi connectivity index (χ2n) is 10.7. The number of carbonyl (C=O) groups excluding carboxylic acids is 2. The highest BCUT2D eigenvalue weighted by Crippen LogP contribution is 2.42. The monoisotopic (exact) mass is 565 g/mol. The molecule has 1 aliphatic heterocycles. The number of hydrogen-bond acceptors (Lipinski definition) is 4. The summed E-state index contributed by atoms with van der Waals surface area (Å²) in [6.07, 6.45) is 6.01. The molecule has 40 heavy (non-hydrogen) atoms. The van der Waals surface area contributed by atoms with Crippen molar-refractivity contribution in [2.24, 2.45) is 0 Å². The minimum atomic E-state index is -3.71. The first kappa shape index (κ1) is 28.1. The van der Waals surface area contributed by atoms with Crippen LogP contribution in [0.25, 0.3) is 10.8 Å². The number of benzene rings is 3. The van der Waals surface area contributed by atoms with E-state index in [4.69, 9.17) is 0 Å². The van der Waals surface area contributed by atoms with Crippen molar-refractivity contribution in [1.82, 2.24) is 10.2 Å². The number of carbonyl (C=O) groups is 2. The first-order valence-electron chi connectivity index (χ1n) is 14.2. The molecule has 212 valence electrons. The summed E-state index contributed by atoms with van der Waals surface area (Å²) in [4.78, 5) is 28.9. The Hall–Kier alpha value is -3.46. The molecule has 0 saturated heterocycles. The van der Waals surface area contributed by atoms with Crippen molar-refractivity contribution in [2.45, 2.75) is 81.8 Å². The van der Waals surface area contributed by atoms with E-state index in [1.165, 1.54) is 22.9 Å². The van der Waals surface area contributed by atoms with Crippen LogP contribution in [0.5, 0.6) is 0 Å². The maximum atomic E-state index is 13.7. The van der Waals surface area contributed by atoms with Crippen LogP contribution in [0.3, 0.4) is 0 Å². The van der Waals surface area contributed by atoms with E-state index in [0.29, 0.717) is 23.9 Å². The van der Waals surface area contributed by atoms with Crippen LogP contribution in [0.4, 0.5) is 10.1 Å². The number of amides is 2. The summed E-state index contributed by atoms with van der Waals surface area (Å²) in [6, 6.07) is 16.1.